The SMILES string of the molecule is CCCNc1ncnc(NCC(=O)NC(C)C)c1CC. The summed E-state index contributed by atoms with van der Waals surface area (Å²) in [5.74, 6) is 1.53. The van der Waals surface area contributed by atoms with Crippen LogP contribution in [0, 0.1) is 0 Å². The highest BCUT2D eigenvalue weighted by Crippen LogP contribution is 2.20. The minimum Gasteiger partial charge on any atom is -0.370 e. The van der Waals surface area contributed by atoms with E-state index >= 15 is 0 Å². The first-order valence-electron chi connectivity index (χ1n) is 7.19. The van der Waals surface area contributed by atoms with Gasteiger partial charge >= 0.3 is 0 Å². The highest BCUT2D eigenvalue weighted by Gasteiger charge is 2.10. The lowest BCUT2D eigenvalue weighted by molar-refractivity contribution is -0.119. The number of amides is 1. The van der Waals surface area contributed by atoms with E-state index in [2.05, 4.69) is 39.8 Å². The number of rotatable bonds is 8. The summed E-state index contributed by atoms with van der Waals surface area (Å²) in [6.45, 7) is 9.12. The Bertz CT molecular complexity index is 434. The van der Waals surface area contributed by atoms with Crippen molar-refractivity contribution < 1.29 is 4.79 Å². The zero-order chi connectivity index (χ0) is 15.0. The molecule has 0 atom stereocenters. The lowest BCUT2D eigenvalue weighted by atomic mass is 10.2. The van der Waals surface area contributed by atoms with Crippen molar-refractivity contribution in [1.29, 1.82) is 0 Å². The Kier molecular flexibility index (Phi) is 6.76. The minimum absolute atomic E-state index is 0.0382. The molecule has 1 aromatic heterocycles. The number of hydrogen-bond acceptors (Lipinski definition) is 5. The first kappa shape index (κ1) is 16.2. The fraction of sp³-hybridized carbons (Fsp3) is 0.643. The van der Waals surface area contributed by atoms with Crippen molar-refractivity contribution >= 4 is 17.5 Å². The molecule has 1 heterocycles. The van der Waals surface area contributed by atoms with Gasteiger partial charge in [-0.1, -0.05) is 13.8 Å². The highest BCUT2D eigenvalue weighted by molar-refractivity contribution is 5.81. The van der Waals surface area contributed by atoms with Crippen LogP contribution in [0.2, 0.25) is 0 Å². The highest BCUT2D eigenvalue weighted by atomic mass is 16.1. The van der Waals surface area contributed by atoms with Gasteiger partial charge < -0.3 is 16.0 Å². The van der Waals surface area contributed by atoms with Gasteiger partial charge in [-0.15, -0.1) is 0 Å². The zero-order valence-corrected chi connectivity index (χ0v) is 12.8. The van der Waals surface area contributed by atoms with Crippen LogP contribution in [0.5, 0.6) is 0 Å². The summed E-state index contributed by atoms with van der Waals surface area (Å²) in [6, 6.07) is 0.141. The van der Waals surface area contributed by atoms with Crippen LogP contribution in [-0.2, 0) is 11.2 Å². The number of carbonyl (C=O) groups excluding carboxylic acids is 1. The predicted molar refractivity (Wildman–Crippen MR) is 82.0 cm³/mol. The summed E-state index contributed by atoms with van der Waals surface area (Å²) in [5, 5.41) is 9.20. The Morgan fingerprint density at radius 1 is 1.20 bits per heavy atom. The molecule has 20 heavy (non-hydrogen) atoms. The van der Waals surface area contributed by atoms with E-state index in [0.29, 0.717) is 0 Å². The lowest BCUT2D eigenvalue weighted by Crippen LogP contribution is -2.35. The number of nitrogens with one attached hydrogen (secondary N) is 3. The molecule has 0 aliphatic rings. The molecule has 1 aromatic rings. The summed E-state index contributed by atoms with van der Waals surface area (Å²) < 4.78 is 0. The quantitative estimate of drug-likeness (QED) is 0.676. The van der Waals surface area contributed by atoms with E-state index < -0.39 is 0 Å². The largest absolute Gasteiger partial charge is 0.370 e. The molecule has 0 aliphatic heterocycles. The maximum absolute atomic E-state index is 11.7. The normalized spacial score (nSPS) is 10.4. The van der Waals surface area contributed by atoms with Gasteiger partial charge in [-0.25, -0.2) is 9.97 Å². The van der Waals surface area contributed by atoms with Gasteiger partial charge in [0.15, 0.2) is 0 Å². The molecule has 1 amide bonds. The van der Waals surface area contributed by atoms with Crippen molar-refractivity contribution in [3.63, 3.8) is 0 Å². The van der Waals surface area contributed by atoms with Crippen molar-refractivity contribution in [1.82, 2.24) is 15.3 Å². The van der Waals surface area contributed by atoms with Gasteiger partial charge in [0.2, 0.25) is 5.91 Å². The third-order valence-electron chi connectivity index (χ3n) is 2.71. The fourth-order valence-corrected chi connectivity index (χ4v) is 1.83. The van der Waals surface area contributed by atoms with E-state index in [9.17, 15) is 4.79 Å². The Labute approximate surface area is 120 Å². The maximum Gasteiger partial charge on any atom is 0.239 e. The molecule has 6 nitrogen and oxygen atoms in total. The van der Waals surface area contributed by atoms with Crippen molar-refractivity contribution in [2.45, 2.75) is 46.6 Å². The predicted octanol–water partition coefficient (Wildman–Crippen LogP) is 1.80. The van der Waals surface area contributed by atoms with Crippen LogP contribution in [0.15, 0.2) is 6.33 Å². The van der Waals surface area contributed by atoms with Crippen LogP contribution in [0.1, 0.15) is 39.7 Å². The third kappa shape index (κ3) is 5.03. The molecular formula is C14H25N5O. The van der Waals surface area contributed by atoms with Crippen LogP contribution in [0.3, 0.4) is 0 Å². The Balaban J connectivity index is 2.71. The lowest BCUT2D eigenvalue weighted by Gasteiger charge is -2.14. The molecule has 0 unspecified atom stereocenters. The third-order valence-corrected chi connectivity index (χ3v) is 2.71. The number of hydrogen-bond donors (Lipinski definition) is 3. The van der Waals surface area contributed by atoms with E-state index in [1.807, 2.05) is 13.8 Å². The van der Waals surface area contributed by atoms with Gasteiger partial charge in [-0.2, -0.15) is 0 Å². The van der Waals surface area contributed by atoms with Gasteiger partial charge in [-0.3, -0.25) is 4.79 Å². The Hall–Kier alpha value is -1.85. The maximum atomic E-state index is 11.7. The van der Waals surface area contributed by atoms with Crippen LogP contribution >= 0.6 is 0 Å². The second kappa shape index (κ2) is 8.35. The molecule has 0 aromatic carbocycles. The Morgan fingerprint density at radius 2 is 1.85 bits per heavy atom. The molecule has 112 valence electrons. The van der Waals surface area contributed by atoms with Crippen LogP contribution in [-0.4, -0.2) is 35.0 Å². The molecule has 0 radical (unpaired) electrons. The van der Waals surface area contributed by atoms with Crippen LogP contribution in [0.25, 0.3) is 0 Å². The molecular weight excluding hydrogens is 254 g/mol. The van der Waals surface area contributed by atoms with Crippen molar-refractivity contribution in [2.75, 3.05) is 23.7 Å². The molecule has 0 fully saturated rings. The molecule has 1 rings (SSSR count). The van der Waals surface area contributed by atoms with Gasteiger partial charge in [0.05, 0.1) is 6.54 Å². The molecule has 6 heteroatoms. The second-order valence-corrected chi connectivity index (χ2v) is 4.91. The molecule has 3 N–H and O–H groups in total. The van der Waals surface area contributed by atoms with Gasteiger partial charge in [0, 0.05) is 18.2 Å². The molecule has 0 bridgehead atoms. The average Bonchev–Trinajstić information content (AvgIpc) is 2.41. The van der Waals surface area contributed by atoms with Crippen molar-refractivity contribution in [2.24, 2.45) is 0 Å². The molecule has 0 spiro atoms. The summed E-state index contributed by atoms with van der Waals surface area (Å²) >= 11 is 0. The zero-order valence-electron chi connectivity index (χ0n) is 12.8. The fourth-order valence-electron chi connectivity index (χ4n) is 1.83. The summed E-state index contributed by atoms with van der Waals surface area (Å²) in [7, 11) is 0. The van der Waals surface area contributed by atoms with E-state index in [1.165, 1.54) is 6.33 Å². The number of carbonyl (C=O) groups is 1. The summed E-state index contributed by atoms with van der Waals surface area (Å²) in [6.07, 6.45) is 3.35. The standard InChI is InChI=1S/C14H25N5O/c1-5-7-15-13-11(6-2)14(18-9-17-13)16-8-12(20)19-10(3)4/h9-10H,5-8H2,1-4H3,(H,19,20)(H2,15,16,17,18). The number of nitrogens with zero attached hydrogens (tertiary/aromatic N) is 2. The van der Waals surface area contributed by atoms with Crippen molar-refractivity contribution in [3.05, 3.63) is 11.9 Å². The van der Waals surface area contributed by atoms with Crippen molar-refractivity contribution in [3.8, 4) is 0 Å². The molecule has 0 saturated carbocycles. The minimum atomic E-state index is -0.0382. The van der Waals surface area contributed by atoms with Crippen LogP contribution in [0.4, 0.5) is 11.6 Å². The van der Waals surface area contributed by atoms with E-state index in [0.717, 1.165) is 36.6 Å². The first-order valence-corrected chi connectivity index (χ1v) is 7.19. The smallest absolute Gasteiger partial charge is 0.239 e. The van der Waals surface area contributed by atoms with E-state index in [1.54, 1.807) is 0 Å². The Morgan fingerprint density at radius 3 is 2.40 bits per heavy atom. The second-order valence-electron chi connectivity index (χ2n) is 4.91. The topological polar surface area (TPSA) is 78.9 Å². The van der Waals surface area contributed by atoms with Gasteiger partial charge in [-0.05, 0) is 26.7 Å². The summed E-state index contributed by atoms with van der Waals surface area (Å²) in [5.41, 5.74) is 1.01. The van der Waals surface area contributed by atoms with Crippen LogP contribution < -0.4 is 16.0 Å². The van der Waals surface area contributed by atoms with Gasteiger partial charge in [0.1, 0.15) is 18.0 Å². The molecule has 0 saturated heterocycles. The number of anilines is 2. The number of aromatic nitrogens is 2. The summed E-state index contributed by atoms with van der Waals surface area (Å²) in [4.78, 5) is 20.1. The molecule has 0 aliphatic carbocycles. The monoisotopic (exact) mass is 279 g/mol. The first-order chi connectivity index (χ1) is 9.58. The van der Waals surface area contributed by atoms with E-state index in [4.69, 9.17) is 0 Å². The average molecular weight is 279 g/mol. The van der Waals surface area contributed by atoms with E-state index in [-0.39, 0.29) is 18.5 Å². The van der Waals surface area contributed by atoms with Gasteiger partial charge in [0.25, 0.3) is 0 Å².